The predicted molar refractivity (Wildman–Crippen MR) is 74.2 cm³/mol. The summed E-state index contributed by atoms with van der Waals surface area (Å²) < 4.78 is 26.7. The first-order valence-electron chi connectivity index (χ1n) is 6.80. The van der Waals surface area contributed by atoms with Crippen LogP contribution in [0.4, 0.5) is 0 Å². The summed E-state index contributed by atoms with van der Waals surface area (Å²) in [4.78, 5) is 4.05. The summed E-state index contributed by atoms with van der Waals surface area (Å²) in [6.45, 7) is 3.77. The van der Waals surface area contributed by atoms with Crippen LogP contribution in [0, 0.1) is 0 Å². The van der Waals surface area contributed by atoms with Gasteiger partial charge in [-0.1, -0.05) is 19.4 Å². The third-order valence-corrected chi connectivity index (χ3v) is 4.69. The van der Waals surface area contributed by atoms with E-state index in [1.165, 1.54) is 0 Å². The Morgan fingerprint density at radius 1 is 1.37 bits per heavy atom. The molecule has 1 aliphatic carbocycles. The van der Waals surface area contributed by atoms with E-state index in [2.05, 4.69) is 21.9 Å². The number of pyridine rings is 1. The molecule has 5 nitrogen and oxygen atoms in total. The van der Waals surface area contributed by atoms with Crippen LogP contribution in [0.5, 0.6) is 0 Å². The SMILES string of the molecule is CCCNCc1ccc(S(=O)(=O)NC2CCC2)nc1. The van der Waals surface area contributed by atoms with Crippen molar-refractivity contribution < 1.29 is 8.42 Å². The molecule has 1 aliphatic rings. The first-order chi connectivity index (χ1) is 9.12. The number of hydrogen-bond acceptors (Lipinski definition) is 4. The van der Waals surface area contributed by atoms with Crippen LogP contribution in [-0.4, -0.2) is 26.0 Å². The molecular weight excluding hydrogens is 262 g/mol. The van der Waals surface area contributed by atoms with Crippen molar-refractivity contribution in [2.24, 2.45) is 0 Å². The van der Waals surface area contributed by atoms with Gasteiger partial charge in [0.15, 0.2) is 5.03 Å². The van der Waals surface area contributed by atoms with Crippen LogP contribution in [0.1, 0.15) is 38.2 Å². The fourth-order valence-electron chi connectivity index (χ4n) is 1.89. The number of nitrogens with one attached hydrogen (secondary N) is 2. The smallest absolute Gasteiger partial charge is 0.258 e. The maximum absolute atomic E-state index is 12.0. The Labute approximate surface area is 114 Å². The zero-order valence-corrected chi connectivity index (χ0v) is 12.0. The van der Waals surface area contributed by atoms with Crippen molar-refractivity contribution in [1.82, 2.24) is 15.0 Å². The minimum absolute atomic E-state index is 0.0951. The summed E-state index contributed by atoms with van der Waals surface area (Å²) in [5.74, 6) is 0. The van der Waals surface area contributed by atoms with Crippen molar-refractivity contribution in [2.75, 3.05) is 6.54 Å². The molecule has 0 saturated heterocycles. The number of sulfonamides is 1. The van der Waals surface area contributed by atoms with E-state index in [-0.39, 0.29) is 11.1 Å². The van der Waals surface area contributed by atoms with E-state index in [0.29, 0.717) is 0 Å². The Morgan fingerprint density at radius 2 is 2.16 bits per heavy atom. The van der Waals surface area contributed by atoms with E-state index in [9.17, 15) is 8.42 Å². The topological polar surface area (TPSA) is 71.1 Å². The molecule has 1 aromatic rings. The minimum Gasteiger partial charge on any atom is -0.313 e. The highest BCUT2D eigenvalue weighted by Crippen LogP contribution is 2.20. The molecule has 0 atom stereocenters. The fraction of sp³-hybridized carbons (Fsp3) is 0.615. The second-order valence-corrected chi connectivity index (χ2v) is 6.59. The van der Waals surface area contributed by atoms with Gasteiger partial charge in [0.1, 0.15) is 0 Å². The van der Waals surface area contributed by atoms with E-state index < -0.39 is 10.0 Å². The standard InChI is InChI=1S/C13H21N3O2S/c1-2-8-14-9-11-6-7-13(15-10-11)19(17,18)16-12-4-3-5-12/h6-7,10,12,14,16H,2-5,8-9H2,1H3. The molecule has 0 aromatic carbocycles. The third-order valence-electron chi connectivity index (χ3n) is 3.26. The average molecular weight is 283 g/mol. The van der Waals surface area contributed by atoms with Gasteiger partial charge in [-0.25, -0.2) is 18.1 Å². The Bertz CT molecular complexity index is 495. The summed E-state index contributed by atoms with van der Waals surface area (Å²) in [5.41, 5.74) is 0.996. The van der Waals surface area contributed by atoms with Crippen molar-refractivity contribution in [3.05, 3.63) is 23.9 Å². The van der Waals surface area contributed by atoms with Crippen LogP contribution < -0.4 is 10.0 Å². The molecule has 0 radical (unpaired) electrons. The molecule has 19 heavy (non-hydrogen) atoms. The molecule has 1 heterocycles. The van der Waals surface area contributed by atoms with Gasteiger partial charge in [0.05, 0.1) is 0 Å². The van der Waals surface area contributed by atoms with Crippen molar-refractivity contribution in [3.8, 4) is 0 Å². The molecule has 2 N–H and O–H groups in total. The molecule has 0 amide bonds. The van der Waals surface area contributed by atoms with Gasteiger partial charge in [-0.2, -0.15) is 0 Å². The van der Waals surface area contributed by atoms with Crippen molar-refractivity contribution >= 4 is 10.0 Å². The summed E-state index contributed by atoms with van der Waals surface area (Å²) in [7, 11) is -3.44. The van der Waals surface area contributed by atoms with Gasteiger partial charge >= 0.3 is 0 Å². The Morgan fingerprint density at radius 3 is 2.68 bits per heavy atom. The monoisotopic (exact) mass is 283 g/mol. The van der Waals surface area contributed by atoms with Gasteiger partial charge in [0.2, 0.25) is 0 Å². The molecule has 1 saturated carbocycles. The molecule has 1 aromatic heterocycles. The van der Waals surface area contributed by atoms with Crippen LogP contribution in [0.3, 0.4) is 0 Å². The third kappa shape index (κ3) is 3.99. The second-order valence-electron chi connectivity index (χ2n) is 4.93. The molecule has 0 unspecified atom stereocenters. The van der Waals surface area contributed by atoms with Crippen molar-refractivity contribution in [1.29, 1.82) is 0 Å². The van der Waals surface area contributed by atoms with E-state index in [1.807, 2.05) is 6.07 Å². The van der Waals surface area contributed by atoms with Gasteiger partial charge in [-0.3, -0.25) is 0 Å². The zero-order chi connectivity index (χ0) is 13.7. The van der Waals surface area contributed by atoms with Gasteiger partial charge < -0.3 is 5.32 Å². The highest BCUT2D eigenvalue weighted by molar-refractivity contribution is 7.89. The highest BCUT2D eigenvalue weighted by Gasteiger charge is 2.25. The van der Waals surface area contributed by atoms with Crippen molar-refractivity contribution in [2.45, 2.75) is 50.2 Å². The number of aromatic nitrogens is 1. The first kappa shape index (κ1) is 14.4. The van der Waals surface area contributed by atoms with E-state index >= 15 is 0 Å². The second kappa shape index (κ2) is 6.45. The van der Waals surface area contributed by atoms with E-state index in [1.54, 1.807) is 12.3 Å². The molecule has 0 bridgehead atoms. The fourth-order valence-corrected chi connectivity index (χ4v) is 3.12. The quantitative estimate of drug-likeness (QED) is 0.742. The van der Waals surface area contributed by atoms with Gasteiger partial charge in [-0.15, -0.1) is 0 Å². The zero-order valence-electron chi connectivity index (χ0n) is 11.2. The summed E-state index contributed by atoms with van der Waals surface area (Å²) in [6.07, 6.45) is 5.66. The van der Waals surface area contributed by atoms with Crippen LogP contribution in [0.25, 0.3) is 0 Å². The van der Waals surface area contributed by atoms with Crippen LogP contribution in [-0.2, 0) is 16.6 Å². The number of rotatable bonds is 7. The van der Waals surface area contributed by atoms with Gasteiger partial charge in [0.25, 0.3) is 10.0 Å². The van der Waals surface area contributed by atoms with Crippen LogP contribution in [0.2, 0.25) is 0 Å². The molecule has 1 fully saturated rings. The largest absolute Gasteiger partial charge is 0.313 e. The summed E-state index contributed by atoms with van der Waals surface area (Å²) in [5, 5.41) is 3.36. The molecule has 6 heteroatoms. The molecule has 0 spiro atoms. The predicted octanol–water partition coefficient (Wildman–Crippen LogP) is 1.41. The maximum Gasteiger partial charge on any atom is 0.258 e. The van der Waals surface area contributed by atoms with E-state index in [4.69, 9.17) is 0 Å². The highest BCUT2D eigenvalue weighted by atomic mass is 32.2. The lowest BCUT2D eigenvalue weighted by molar-refractivity contribution is 0.383. The van der Waals surface area contributed by atoms with Crippen molar-refractivity contribution in [3.63, 3.8) is 0 Å². The number of hydrogen-bond donors (Lipinski definition) is 2. The first-order valence-corrected chi connectivity index (χ1v) is 8.28. The lowest BCUT2D eigenvalue weighted by Gasteiger charge is -2.25. The normalized spacial score (nSPS) is 16.3. The summed E-state index contributed by atoms with van der Waals surface area (Å²) >= 11 is 0. The van der Waals surface area contributed by atoms with Gasteiger partial charge in [-0.05, 0) is 37.4 Å². The Balaban J connectivity index is 1.96. The average Bonchev–Trinajstić information content (AvgIpc) is 2.35. The van der Waals surface area contributed by atoms with Crippen LogP contribution >= 0.6 is 0 Å². The maximum atomic E-state index is 12.0. The van der Waals surface area contributed by atoms with Gasteiger partial charge in [0, 0.05) is 18.8 Å². The lowest BCUT2D eigenvalue weighted by atomic mass is 9.94. The summed E-state index contributed by atoms with van der Waals surface area (Å²) in [6, 6.07) is 3.48. The minimum atomic E-state index is -3.44. The Hall–Kier alpha value is -0.980. The molecule has 0 aliphatic heterocycles. The lowest BCUT2D eigenvalue weighted by Crippen LogP contribution is -2.39. The van der Waals surface area contributed by atoms with E-state index in [0.717, 1.165) is 44.3 Å². The molecular formula is C13H21N3O2S. The molecule has 2 rings (SSSR count). The van der Waals surface area contributed by atoms with Crippen LogP contribution in [0.15, 0.2) is 23.4 Å². The molecule has 106 valence electrons. The number of nitrogens with zero attached hydrogens (tertiary/aromatic N) is 1. The Kier molecular flexibility index (Phi) is 4.90.